The summed E-state index contributed by atoms with van der Waals surface area (Å²) in [7, 11) is -1.12. The molecular formula is C12H17ClN2O2S. The first-order valence-electron chi connectivity index (χ1n) is 5.72. The lowest BCUT2D eigenvalue weighted by atomic mass is 10.3. The molecule has 0 spiro atoms. The van der Waals surface area contributed by atoms with Crippen LogP contribution in [0.25, 0.3) is 0 Å². The fraction of sp³-hybridized carbons (Fsp3) is 0.417. The number of nitrogens with two attached hydrogens (primary N) is 1. The third kappa shape index (κ3) is 5.06. The molecule has 0 bridgehead atoms. The molecular weight excluding hydrogens is 272 g/mol. The molecule has 0 aliphatic rings. The Hall–Kier alpha value is -1.07. The van der Waals surface area contributed by atoms with Crippen LogP contribution < -0.4 is 11.1 Å². The van der Waals surface area contributed by atoms with Crippen molar-refractivity contribution in [3.8, 4) is 0 Å². The molecule has 0 heterocycles. The lowest BCUT2D eigenvalue weighted by Crippen LogP contribution is -2.21. The fourth-order valence-electron chi connectivity index (χ4n) is 1.35. The smallest absolute Gasteiger partial charge is 0.237 e. The van der Waals surface area contributed by atoms with Crippen molar-refractivity contribution in [2.45, 2.75) is 19.8 Å². The largest absolute Gasteiger partial charge is 0.399 e. The Morgan fingerprint density at radius 2 is 2.22 bits per heavy atom. The zero-order valence-corrected chi connectivity index (χ0v) is 11.8. The van der Waals surface area contributed by atoms with Crippen LogP contribution >= 0.6 is 11.6 Å². The monoisotopic (exact) mass is 288 g/mol. The minimum Gasteiger partial charge on any atom is -0.399 e. The summed E-state index contributed by atoms with van der Waals surface area (Å²) in [4.78, 5) is 11.6. The van der Waals surface area contributed by atoms with Gasteiger partial charge < -0.3 is 11.1 Å². The average molecular weight is 289 g/mol. The van der Waals surface area contributed by atoms with Gasteiger partial charge in [-0.05, 0) is 24.6 Å². The molecule has 0 fully saturated rings. The van der Waals surface area contributed by atoms with E-state index in [-0.39, 0.29) is 11.7 Å². The van der Waals surface area contributed by atoms with Gasteiger partial charge in [-0.1, -0.05) is 24.9 Å². The molecule has 18 heavy (non-hydrogen) atoms. The maximum Gasteiger partial charge on any atom is 0.237 e. The molecule has 3 N–H and O–H groups in total. The van der Waals surface area contributed by atoms with E-state index in [0.717, 1.165) is 12.8 Å². The highest BCUT2D eigenvalue weighted by molar-refractivity contribution is 7.85. The van der Waals surface area contributed by atoms with Gasteiger partial charge in [-0.25, -0.2) is 0 Å². The minimum absolute atomic E-state index is 0.00880. The van der Waals surface area contributed by atoms with E-state index < -0.39 is 10.8 Å². The normalized spacial score (nSPS) is 12.1. The van der Waals surface area contributed by atoms with Gasteiger partial charge in [-0.3, -0.25) is 9.00 Å². The standard InChI is InChI=1S/C12H17ClN2O2S/c1-2-3-6-18(17)8-12(16)15-11-7-9(14)4-5-10(11)13/h4-5,7H,2-3,6,8,14H2,1H3,(H,15,16). The number of carbonyl (C=O) groups excluding carboxylic acids is 1. The quantitative estimate of drug-likeness (QED) is 0.790. The number of unbranched alkanes of at least 4 members (excludes halogenated alkanes) is 1. The number of nitrogen functional groups attached to an aromatic ring is 1. The van der Waals surface area contributed by atoms with Gasteiger partial charge in [-0.15, -0.1) is 0 Å². The predicted molar refractivity (Wildman–Crippen MR) is 77.3 cm³/mol. The van der Waals surface area contributed by atoms with Crippen molar-refractivity contribution in [3.05, 3.63) is 23.2 Å². The summed E-state index contributed by atoms with van der Waals surface area (Å²) in [5.41, 5.74) is 6.57. The van der Waals surface area contributed by atoms with Gasteiger partial charge in [0.1, 0.15) is 5.75 Å². The van der Waals surface area contributed by atoms with Crippen molar-refractivity contribution in [2.24, 2.45) is 0 Å². The van der Waals surface area contributed by atoms with E-state index in [2.05, 4.69) is 5.32 Å². The minimum atomic E-state index is -1.12. The van der Waals surface area contributed by atoms with Crippen molar-refractivity contribution in [2.75, 3.05) is 22.6 Å². The van der Waals surface area contributed by atoms with E-state index in [1.165, 1.54) is 0 Å². The molecule has 1 amide bonds. The lowest BCUT2D eigenvalue weighted by molar-refractivity contribution is -0.113. The summed E-state index contributed by atoms with van der Waals surface area (Å²) in [6, 6.07) is 4.84. The Morgan fingerprint density at radius 1 is 1.50 bits per heavy atom. The SMILES string of the molecule is CCCCS(=O)CC(=O)Nc1cc(N)ccc1Cl. The molecule has 0 aromatic heterocycles. The molecule has 4 nitrogen and oxygen atoms in total. The number of amides is 1. The third-order valence-corrected chi connectivity index (χ3v) is 3.94. The van der Waals surface area contributed by atoms with E-state index in [9.17, 15) is 9.00 Å². The maximum absolute atomic E-state index is 11.6. The number of benzene rings is 1. The van der Waals surface area contributed by atoms with Gasteiger partial charge in [-0.2, -0.15) is 0 Å². The fourth-order valence-corrected chi connectivity index (χ4v) is 2.63. The van der Waals surface area contributed by atoms with Crippen molar-refractivity contribution in [1.29, 1.82) is 0 Å². The number of carbonyl (C=O) groups is 1. The van der Waals surface area contributed by atoms with Gasteiger partial charge in [0.25, 0.3) is 0 Å². The van der Waals surface area contributed by atoms with Crippen molar-refractivity contribution >= 4 is 39.7 Å². The van der Waals surface area contributed by atoms with Gasteiger partial charge in [0.05, 0.1) is 10.7 Å². The highest BCUT2D eigenvalue weighted by atomic mass is 35.5. The first-order valence-corrected chi connectivity index (χ1v) is 7.59. The van der Waals surface area contributed by atoms with Crippen LogP contribution in [-0.2, 0) is 15.6 Å². The summed E-state index contributed by atoms with van der Waals surface area (Å²) in [6.07, 6.45) is 1.83. The molecule has 1 atom stereocenters. The van der Waals surface area contributed by atoms with Crippen molar-refractivity contribution in [1.82, 2.24) is 0 Å². The van der Waals surface area contributed by atoms with Gasteiger partial charge in [0.15, 0.2) is 0 Å². The molecule has 0 radical (unpaired) electrons. The number of anilines is 2. The molecule has 1 aromatic carbocycles. The van der Waals surface area contributed by atoms with Crippen LogP contribution in [0.15, 0.2) is 18.2 Å². The second kappa shape index (κ2) is 7.38. The average Bonchev–Trinajstić information content (AvgIpc) is 2.31. The Morgan fingerprint density at radius 3 is 2.89 bits per heavy atom. The number of hydrogen-bond donors (Lipinski definition) is 2. The summed E-state index contributed by atoms with van der Waals surface area (Å²) in [5.74, 6) is 0.233. The number of nitrogens with one attached hydrogen (secondary N) is 1. The van der Waals surface area contributed by atoms with Crippen LogP contribution in [0.4, 0.5) is 11.4 Å². The molecule has 0 saturated carbocycles. The Bertz CT molecular complexity index is 452. The van der Waals surface area contributed by atoms with E-state index in [4.69, 9.17) is 17.3 Å². The highest BCUT2D eigenvalue weighted by Gasteiger charge is 2.10. The lowest BCUT2D eigenvalue weighted by Gasteiger charge is -2.08. The molecule has 0 saturated heterocycles. The summed E-state index contributed by atoms with van der Waals surface area (Å²) in [6.45, 7) is 2.02. The predicted octanol–water partition coefficient (Wildman–Crippen LogP) is 2.41. The Labute approximate surface area is 114 Å². The molecule has 0 aliphatic carbocycles. The van der Waals surface area contributed by atoms with Crippen LogP contribution in [0.1, 0.15) is 19.8 Å². The first kappa shape index (κ1) is 15.0. The van der Waals surface area contributed by atoms with Crippen molar-refractivity contribution < 1.29 is 9.00 Å². The van der Waals surface area contributed by atoms with Gasteiger partial charge in [0.2, 0.25) is 5.91 Å². The second-order valence-electron chi connectivity index (χ2n) is 3.93. The molecule has 1 unspecified atom stereocenters. The van der Waals surface area contributed by atoms with Crippen LogP contribution in [0.5, 0.6) is 0 Å². The maximum atomic E-state index is 11.6. The first-order chi connectivity index (χ1) is 8.52. The van der Waals surface area contributed by atoms with Crippen LogP contribution in [0.2, 0.25) is 5.02 Å². The number of halogens is 1. The molecule has 1 rings (SSSR count). The Balaban J connectivity index is 2.54. The molecule has 0 aliphatic heterocycles. The van der Waals surface area contributed by atoms with E-state index in [0.29, 0.717) is 22.2 Å². The van der Waals surface area contributed by atoms with E-state index in [1.54, 1.807) is 18.2 Å². The molecule has 100 valence electrons. The summed E-state index contributed by atoms with van der Waals surface area (Å²) >= 11 is 5.91. The zero-order chi connectivity index (χ0) is 13.5. The van der Waals surface area contributed by atoms with Gasteiger partial charge >= 0.3 is 0 Å². The van der Waals surface area contributed by atoms with Crippen molar-refractivity contribution in [3.63, 3.8) is 0 Å². The number of hydrogen-bond acceptors (Lipinski definition) is 3. The van der Waals surface area contributed by atoms with Crippen LogP contribution in [-0.4, -0.2) is 21.6 Å². The van der Waals surface area contributed by atoms with E-state index >= 15 is 0 Å². The topological polar surface area (TPSA) is 72.2 Å². The molecule has 1 aromatic rings. The third-order valence-electron chi connectivity index (χ3n) is 2.28. The Kier molecular flexibility index (Phi) is 6.15. The zero-order valence-electron chi connectivity index (χ0n) is 10.2. The summed E-state index contributed by atoms with van der Waals surface area (Å²) < 4.78 is 11.5. The van der Waals surface area contributed by atoms with Crippen LogP contribution in [0, 0.1) is 0 Å². The number of rotatable bonds is 6. The highest BCUT2D eigenvalue weighted by Crippen LogP contribution is 2.23. The van der Waals surface area contributed by atoms with Gasteiger partial charge in [0, 0.05) is 22.2 Å². The van der Waals surface area contributed by atoms with Crippen LogP contribution in [0.3, 0.4) is 0 Å². The summed E-state index contributed by atoms with van der Waals surface area (Å²) in [5, 5.41) is 3.03. The molecule has 6 heteroatoms. The second-order valence-corrected chi connectivity index (χ2v) is 5.91. The van der Waals surface area contributed by atoms with E-state index in [1.807, 2.05) is 6.92 Å².